The fourth-order valence-corrected chi connectivity index (χ4v) is 1.43. The molecule has 0 aliphatic carbocycles. The lowest BCUT2D eigenvalue weighted by molar-refractivity contribution is -0.148. The molecule has 1 atom stereocenters. The number of benzene rings is 1. The van der Waals surface area contributed by atoms with Gasteiger partial charge in [0.1, 0.15) is 0 Å². The van der Waals surface area contributed by atoms with Crippen LogP contribution in [0.3, 0.4) is 0 Å². The number of rotatable bonds is 2. The van der Waals surface area contributed by atoms with Crippen LogP contribution < -0.4 is 5.48 Å². The largest absolute Gasteiger partial charge is 0.479 e. The zero-order valence-electron chi connectivity index (χ0n) is 8.18. The predicted octanol–water partition coefficient (Wildman–Crippen LogP) is 0.887. The van der Waals surface area contributed by atoms with E-state index in [2.05, 4.69) is 5.48 Å². The molecule has 1 aliphatic rings. The molecule has 0 spiro atoms. The van der Waals surface area contributed by atoms with Gasteiger partial charge in [-0.1, -0.05) is 18.2 Å². The summed E-state index contributed by atoms with van der Waals surface area (Å²) in [5.41, 5.74) is 4.11. The lowest BCUT2D eigenvalue weighted by Gasteiger charge is -2.04. The van der Waals surface area contributed by atoms with Gasteiger partial charge in [-0.15, -0.1) is 0 Å². The second-order valence-electron chi connectivity index (χ2n) is 3.22. The number of nitrogens with one attached hydrogen (secondary N) is 1. The molecule has 0 aromatic heterocycles. The van der Waals surface area contributed by atoms with Crippen molar-refractivity contribution in [2.45, 2.75) is 6.10 Å². The van der Waals surface area contributed by atoms with Crippen molar-refractivity contribution in [3.63, 3.8) is 0 Å². The summed E-state index contributed by atoms with van der Waals surface area (Å²) in [5.74, 6) is -1.07. The molecule has 2 N–H and O–H groups in total. The van der Waals surface area contributed by atoms with Crippen molar-refractivity contribution < 1.29 is 14.7 Å². The van der Waals surface area contributed by atoms with E-state index in [1.807, 2.05) is 6.07 Å². The van der Waals surface area contributed by atoms with Gasteiger partial charge in [-0.05, 0) is 12.1 Å². The zero-order chi connectivity index (χ0) is 11.5. The van der Waals surface area contributed by atoms with Crippen LogP contribution in [-0.2, 0) is 9.63 Å². The van der Waals surface area contributed by atoms with E-state index < -0.39 is 12.1 Å². The normalized spacial score (nSPS) is 18.4. The fourth-order valence-electron chi connectivity index (χ4n) is 1.43. The van der Waals surface area contributed by atoms with Crippen LogP contribution in [0.25, 0.3) is 5.70 Å². The Hall–Kier alpha value is -2.32. The summed E-state index contributed by atoms with van der Waals surface area (Å²) in [5, 5.41) is 17.6. The molecule has 1 aliphatic heterocycles. The summed E-state index contributed by atoms with van der Waals surface area (Å²) < 4.78 is 0. The first-order chi connectivity index (χ1) is 7.72. The Kier molecular flexibility index (Phi) is 2.58. The van der Waals surface area contributed by atoms with Gasteiger partial charge in [-0.3, -0.25) is 10.3 Å². The average Bonchev–Trinajstić information content (AvgIpc) is 2.78. The first-order valence-corrected chi connectivity index (χ1v) is 4.58. The second kappa shape index (κ2) is 4.04. The van der Waals surface area contributed by atoms with E-state index in [1.165, 1.54) is 6.08 Å². The SMILES string of the molecule is N#Cc1ccccc1C1=CC(C(=O)O)ON1. The van der Waals surface area contributed by atoms with E-state index in [-0.39, 0.29) is 0 Å². The molecular formula is C11H8N2O3. The van der Waals surface area contributed by atoms with Crippen LogP contribution in [0.5, 0.6) is 0 Å². The van der Waals surface area contributed by atoms with Crippen LogP contribution in [0.1, 0.15) is 11.1 Å². The van der Waals surface area contributed by atoms with Crippen molar-refractivity contribution in [1.82, 2.24) is 5.48 Å². The second-order valence-corrected chi connectivity index (χ2v) is 3.22. The lowest BCUT2D eigenvalue weighted by Crippen LogP contribution is -2.21. The van der Waals surface area contributed by atoms with Crippen molar-refractivity contribution in [2.75, 3.05) is 0 Å². The molecule has 16 heavy (non-hydrogen) atoms. The molecule has 0 saturated heterocycles. The predicted molar refractivity (Wildman–Crippen MR) is 54.8 cm³/mol. The molecule has 0 fully saturated rings. The van der Waals surface area contributed by atoms with Crippen molar-refractivity contribution >= 4 is 11.7 Å². The minimum atomic E-state index is -1.07. The van der Waals surface area contributed by atoms with Gasteiger partial charge < -0.3 is 5.11 Å². The summed E-state index contributed by atoms with van der Waals surface area (Å²) in [6.45, 7) is 0. The third kappa shape index (κ3) is 1.74. The van der Waals surface area contributed by atoms with E-state index in [1.54, 1.807) is 24.3 Å². The van der Waals surface area contributed by atoms with E-state index in [0.717, 1.165) is 0 Å². The molecule has 0 bridgehead atoms. The lowest BCUT2D eigenvalue weighted by atomic mass is 10.1. The minimum Gasteiger partial charge on any atom is -0.479 e. The van der Waals surface area contributed by atoms with Gasteiger partial charge in [0.05, 0.1) is 17.3 Å². The number of nitrogens with zero attached hydrogens (tertiary/aromatic N) is 1. The van der Waals surface area contributed by atoms with Crippen LogP contribution in [0.15, 0.2) is 30.3 Å². The van der Waals surface area contributed by atoms with Gasteiger partial charge in [-0.2, -0.15) is 5.26 Å². The summed E-state index contributed by atoms with van der Waals surface area (Å²) in [6.07, 6.45) is 0.417. The molecule has 1 aromatic rings. The molecule has 1 unspecified atom stereocenters. The number of nitriles is 1. The van der Waals surface area contributed by atoms with E-state index in [9.17, 15) is 4.79 Å². The number of hydrogen-bond acceptors (Lipinski definition) is 4. The Labute approximate surface area is 91.5 Å². The highest BCUT2D eigenvalue weighted by Crippen LogP contribution is 2.21. The smallest absolute Gasteiger partial charge is 0.339 e. The van der Waals surface area contributed by atoms with E-state index >= 15 is 0 Å². The highest BCUT2D eigenvalue weighted by molar-refractivity contribution is 5.81. The van der Waals surface area contributed by atoms with Crippen molar-refractivity contribution in [3.05, 3.63) is 41.5 Å². The van der Waals surface area contributed by atoms with Gasteiger partial charge in [0, 0.05) is 5.56 Å². The maximum Gasteiger partial charge on any atom is 0.339 e. The van der Waals surface area contributed by atoms with Gasteiger partial charge >= 0.3 is 5.97 Å². The van der Waals surface area contributed by atoms with Crippen molar-refractivity contribution in [1.29, 1.82) is 5.26 Å². The number of carboxylic acid groups (broad SMARTS) is 1. The fraction of sp³-hybridized carbons (Fsp3) is 0.0909. The number of carboxylic acids is 1. The molecule has 5 nitrogen and oxygen atoms in total. The molecular weight excluding hydrogens is 208 g/mol. The van der Waals surface area contributed by atoms with Crippen LogP contribution >= 0.6 is 0 Å². The molecule has 0 saturated carbocycles. The summed E-state index contributed by atoms with van der Waals surface area (Å²) in [7, 11) is 0. The number of carbonyl (C=O) groups is 1. The topological polar surface area (TPSA) is 82.4 Å². The van der Waals surface area contributed by atoms with E-state index in [4.69, 9.17) is 15.2 Å². The quantitative estimate of drug-likeness (QED) is 0.767. The van der Waals surface area contributed by atoms with Gasteiger partial charge in [-0.25, -0.2) is 4.79 Å². The minimum absolute atomic E-state index is 0.468. The monoisotopic (exact) mass is 216 g/mol. The Balaban J connectivity index is 2.36. The summed E-state index contributed by atoms with van der Waals surface area (Å²) >= 11 is 0. The first-order valence-electron chi connectivity index (χ1n) is 4.58. The number of aliphatic carboxylic acids is 1. The van der Waals surface area contributed by atoms with Crippen LogP contribution in [0.4, 0.5) is 0 Å². The maximum atomic E-state index is 10.7. The van der Waals surface area contributed by atoms with Gasteiger partial charge in [0.25, 0.3) is 0 Å². The standard InChI is InChI=1S/C11H8N2O3/c12-6-7-3-1-2-4-8(7)9-5-10(11(14)15)16-13-9/h1-5,10,13H,(H,14,15). The van der Waals surface area contributed by atoms with Crippen LogP contribution in [0, 0.1) is 11.3 Å². The Morgan fingerprint density at radius 2 is 2.25 bits per heavy atom. The van der Waals surface area contributed by atoms with Gasteiger partial charge in [0.2, 0.25) is 6.10 Å². The molecule has 80 valence electrons. The molecule has 1 heterocycles. The highest BCUT2D eigenvalue weighted by atomic mass is 16.7. The first kappa shape index (κ1) is 10.2. The highest BCUT2D eigenvalue weighted by Gasteiger charge is 2.24. The maximum absolute atomic E-state index is 10.7. The molecule has 1 aromatic carbocycles. The van der Waals surface area contributed by atoms with Crippen LogP contribution in [0.2, 0.25) is 0 Å². The molecule has 0 radical (unpaired) electrons. The summed E-state index contributed by atoms with van der Waals surface area (Å²) in [4.78, 5) is 15.5. The zero-order valence-corrected chi connectivity index (χ0v) is 8.18. The van der Waals surface area contributed by atoms with Crippen molar-refractivity contribution in [2.24, 2.45) is 0 Å². The van der Waals surface area contributed by atoms with Crippen molar-refractivity contribution in [3.8, 4) is 6.07 Å². The Morgan fingerprint density at radius 3 is 2.88 bits per heavy atom. The van der Waals surface area contributed by atoms with Crippen LogP contribution in [-0.4, -0.2) is 17.2 Å². The Bertz CT molecular complexity index is 502. The molecule has 5 heteroatoms. The molecule has 0 amide bonds. The number of hydrogen-bond donors (Lipinski definition) is 2. The number of hydroxylamine groups is 1. The molecule has 2 rings (SSSR count). The third-order valence-electron chi connectivity index (χ3n) is 2.19. The Morgan fingerprint density at radius 1 is 1.50 bits per heavy atom. The van der Waals surface area contributed by atoms with Gasteiger partial charge in [0.15, 0.2) is 0 Å². The third-order valence-corrected chi connectivity index (χ3v) is 2.19. The average molecular weight is 216 g/mol. The van der Waals surface area contributed by atoms with E-state index in [0.29, 0.717) is 16.8 Å². The summed E-state index contributed by atoms with van der Waals surface area (Å²) in [6, 6.07) is 8.93.